The Balaban J connectivity index is 2.41. The Labute approximate surface area is 92.6 Å². The number of nitrogens with zero attached hydrogens (tertiary/aromatic N) is 2. The summed E-state index contributed by atoms with van der Waals surface area (Å²) in [7, 11) is 1.86. The molecule has 0 aliphatic carbocycles. The molecule has 1 aromatic heterocycles. The van der Waals surface area contributed by atoms with Crippen molar-refractivity contribution in [2.24, 2.45) is 0 Å². The standard InChI is InChI=1S/C10H16F3N3/c1-8(14-2)4-3-6-16-7-5-9(15-16)10(11,12)13/h5,7-8,14H,3-4,6H2,1-2H3. The van der Waals surface area contributed by atoms with Crippen molar-refractivity contribution in [3.63, 3.8) is 0 Å². The maximum Gasteiger partial charge on any atom is 0.435 e. The van der Waals surface area contributed by atoms with Crippen LogP contribution in [0.25, 0.3) is 0 Å². The quantitative estimate of drug-likeness (QED) is 0.848. The first-order valence-corrected chi connectivity index (χ1v) is 5.21. The van der Waals surface area contributed by atoms with Gasteiger partial charge in [-0.1, -0.05) is 0 Å². The Morgan fingerprint density at radius 3 is 2.69 bits per heavy atom. The monoisotopic (exact) mass is 235 g/mol. The average molecular weight is 235 g/mol. The largest absolute Gasteiger partial charge is 0.435 e. The van der Waals surface area contributed by atoms with Gasteiger partial charge in [0.05, 0.1) is 0 Å². The van der Waals surface area contributed by atoms with Crippen LogP contribution in [0.2, 0.25) is 0 Å². The molecule has 0 fully saturated rings. The molecule has 1 atom stereocenters. The van der Waals surface area contributed by atoms with E-state index in [1.54, 1.807) is 0 Å². The molecular formula is C10H16F3N3. The Morgan fingerprint density at radius 1 is 1.50 bits per heavy atom. The van der Waals surface area contributed by atoms with Crippen LogP contribution >= 0.6 is 0 Å². The fourth-order valence-electron chi connectivity index (χ4n) is 1.34. The van der Waals surface area contributed by atoms with Crippen LogP contribution in [0.4, 0.5) is 13.2 Å². The predicted molar refractivity (Wildman–Crippen MR) is 55.0 cm³/mol. The highest BCUT2D eigenvalue weighted by molar-refractivity contribution is 5.03. The van der Waals surface area contributed by atoms with Gasteiger partial charge in [0.1, 0.15) is 0 Å². The van der Waals surface area contributed by atoms with Gasteiger partial charge in [-0.2, -0.15) is 18.3 Å². The van der Waals surface area contributed by atoms with E-state index in [0.29, 0.717) is 12.6 Å². The van der Waals surface area contributed by atoms with E-state index in [2.05, 4.69) is 10.4 Å². The van der Waals surface area contributed by atoms with Gasteiger partial charge < -0.3 is 5.32 Å². The van der Waals surface area contributed by atoms with Gasteiger partial charge in [0.25, 0.3) is 0 Å². The molecule has 1 unspecified atom stereocenters. The summed E-state index contributed by atoms with van der Waals surface area (Å²) in [6.07, 6.45) is -1.25. The normalized spacial score (nSPS) is 14.1. The molecule has 0 spiro atoms. The minimum Gasteiger partial charge on any atom is -0.317 e. The molecular weight excluding hydrogens is 219 g/mol. The molecule has 0 bridgehead atoms. The first-order chi connectivity index (χ1) is 7.43. The van der Waals surface area contributed by atoms with E-state index in [9.17, 15) is 13.2 Å². The van der Waals surface area contributed by atoms with E-state index in [1.807, 2.05) is 14.0 Å². The maximum absolute atomic E-state index is 12.2. The second-order valence-electron chi connectivity index (χ2n) is 3.79. The lowest BCUT2D eigenvalue weighted by molar-refractivity contribution is -0.141. The van der Waals surface area contributed by atoms with Crippen molar-refractivity contribution in [3.05, 3.63) is 18.0 Å². The summed E-state index contributed by atoms with van der Waals surface area (Å²) in [5, 5.41) is 6.55. The SMILES string of the molecule is CNC(C)CCCn1ccc(C(F)(F)F)n1. The molecule has 0 radical (unpaired) electrons. The molecule has 16 heavy (non-hydrogen) atoms. The topological polar surface area (TPSA) is 29.9 Å². The number of hydrogen-bond donors (Lipinski definition) is 1. The van der Waals surface area contributed by atoms with Crippen molar-refractivity contribution in [2.75, 3.05) is 7.05 Å². The fourth-order valence-corrected chi connectivity index (χ4v) is 1.34. The Morgan fingerprint density at radius 2 is 2.19 bits per heavy atom. The minimum absolute atomic E-state index is 0.373. The second-order valence-corrected chi connectivity index (χ2v) is 3.79. The minimum atomic E-state index is -4.34. The van der Waals surface area contributed by atoms with E-state index in [0.717, 1.165) is 18.9 Å². The third-order valence-electron chi connectivity index (χ3n) is 2.45. The zero-order chi connectivity index (χ0) is 12.2. The van der Waals surface area contributed by atoms with Crippen LogP contribution in [0.15, 0.2) is 12.3 Å². The Bertz CT molecular complexity index is 319. The van der Waals surface area contributed by atoms with Crippen LogP contribution in [-0.4, -0.2) is 22.9 Å². The molecule has 0 saturated carbocycles. The molecule has 0 saturated heterocycles. The van der Waals surface area contributed by atoms with Crippen LogP contribution in [0.5, 0.6) is 0 Å². The van der Waals surface area contributed by atoms with E-state index < -0.39 is 11.9 Å². The highest BCUT2D eigenvalue weighted by Gasteiger charge is 2.33. The molecule has 0 aliphatic rings. The van der Waals surface area contributed by atoms with E-state index >= 15 is 0 Å². The molecule has 1 aromatic rings. The van der Waals surface area contributed by atoms with Gasteiger partial charge in [0.2, 0.25) is 0 Å². The highest BCUT2D eigenvalue weighted by Crippen LogP contribution is 2.27. The van der Waals surface area contributed by atoms with Crippen LogP contribution in [-0.2, 0) is 12.7 Å². The van der Waals surface area contributed by atoms with Crippen molar-refractivity contribution >= 4 is 0 Å². The Kier molecular flexibility index (Phi) is 4.35. The second kappa shape index (κ2) is 5.34. The number of rotatable bonds is 5. The lowest BCUT2D eigenvalue weighted by Crippen LogP contribution is -2.21. The van der Waals surface area contributed by atoms with Crippen LogP contribution in [0.1, 0.15) is 25.5 Å². The summed E-state index contributed by atoms with van der Waals surface area (Å²) in [6.45, 7) is 2.55. The first-order valence-electron chi connectivity index (χ1n) is 5.21. The van der Waals surface area contributed by atoms with Crippen molar-refractivity contribution in [3.8, 4) is 0 Å². The molecule has 1 heterocycles. The van der Waals surface area contributed by atoms with Gasteiger partial charge >= 0.3 is 6.18 Å². The van der Waals surface area contributed by atoms with Gasteiger partial charge in [-0.05, 0) is 32.9 Å². The number of aromatic nitrogens is 2. The van der Waals surface area contributed by atoms with Gasteiger partial charge in [-0.15, -0.1) is 0 Å². The van der Waals surface area contributed by atoms with E-state index in [-0.39, 0.29) is 0 Å². The van der Waals surface area contributed by atoms with Crippen LogP contribution < -0.4 is 5.32 Å². The fraction of sp³-hybridized carbons (Fsp3) is 0.700. The van der Waals surface area contributed by atoms with Gasteiger partial charge in [-0.25, -0.2) is 0 Å². The molecule has 3 nitrogen and oxygen atoms in total. The van der Waals surface area contributed by atoms with Crippen molar-refractivity contribution in [2.45, 2.75) is 38.5 Å². The maximum atomic E-state index is 12.2. The summed E-state index contributed by atoms with van der Waals surface area (Å²) in [6, 6.07) is 1.37. The zero-order valence-electron chi connectivity index (χ0n) is 9.38. The number of halogens is 3. The third-order valence-corrected chi connectivity index (χ3v) is 2.45. The summed E-state index contributed by atoms with van der Waals surface area (Å²) in [5.41, 5.74) is -0.825. The molecule has 0 aromatic carbocycles. The number of alkyl halides is 3. The summed E-state index contributed by atoms with van der Waals surface area (Å²) in [4.78, 5) is 0. The lowest BCUT2D eigenvalue weighted by Gasteiger charge is -2.09. The molecule has 6 heteroatoms. The van der Waals surface area contributed by atoms with E-state index in [4.69, 9.17) is 0 Å². The first kappa shape index (κ1) is 13.0. The Hall–Kier alpha value is -1.04. The van der Waals surface area contributed by atoms with Gasteiger partial charge in [0, 0.05) is 18.8 Å². The highest BCUT2D eigenvalue weighted by atomic mass is 19.4. The number of aryl methyl sites for hydroxylation is 1. The van der Waals surface area contributed by atoms with Crippen molar-refractivity contribution in [1.29, 1.82) is 0 Å². The molecule has 1 rings (SSSR count). The molecule has 1 N–H and O–H groups in total. The summed E-state index contributed by atoms with van der Waals surface area (Å²) in [5.74, 6) is 0. The van der Waals surface area contributed by atoms with Crippen molar-refractivity contribution in [1.82, 2.24) is 15.1 Å². The predicted octanol–water partition coefficient (Wildman–Crippen LogP) is 2.29. The third kappa shape index (κ3) is 3.84. The summed E-state index contributed by atoms with van der Waals surface area (Å²) < 4.78 is 38.0. The lowest BCUT2D eigenvalue weighted by atomic mass is 10.2. The molecule has 92 valence electrons. The zero-order valence-corrected chi connectivity index (χ0v) is 9.38. The van der Waals surface area contributed by atoms with Crippen LogP contribution in [0, 0.1) is 0 Å². The smallest absolute Gasteiger partial charge is 0.317 e. The van der Waals surface area contributed by atoms with E-state index in [1.165, 1.54) is 10.9 Å². The summed E-state index contributed by atoms with van der Waals surface area (Å²) >= 11 is 0. The van der Waals surface area contributed by atoms with Crippen molar-refractivity contribution < 1.29 is 13.2 Å². The molecule has 0 amide bonds. The molecule has 0 aliphatic heterocycles. The number of nitrogens with one attached hydrogen (secondary N) is 1. The van der Waals surface area contributed by atoms with Gasteiger partial charge in [-0.3, -0.25) is 4.68 Å². The average Bonchev–Trinajstić information content (AvgIpc) is 2.65. The number of hydrogen-bond acceptors (Lipinski definition) is 2. The van der Waals surface area contributed by atoms with Crippen LogP contribution in [0.3, 0.4) is 0 Å². The van der Waals surface area contributed by atoms with Gasteiger partial charge in [0.15, 0.2) is 5.69 Å².